The summed E-state index contributed by atoms with van der Waals surface area (Å²) in [7, 11) is 0. The van der Waals surface area contributed by atoms with Gasteiger partial charge in [0.15, 0.2) is 0 Å². The number of hydrogen-bond acceptors (Lipinski definition) is 3. The number of nitrogens with one attached hydrogen (secondary N) is 1. The lowest BCUT2D eigenvalue weighted by Crippen LogP contribution is -2.23. The lowest BCUT2D eigenvalue weighted by atomic mass is 10.1. The van der Waals surface area contributed by atoms with Gasteiger partial charge in [0, 0.05) is 11.1 Å². The standard InChI is InChI=1S/C13H14Cl2N2S/c1-2-7-16-13(11-5-6-12(15)18-11)10-4-3-9(14)8-17-10/h3-6,8,13,16H,2,7H2,1H3. The summed E-state index contributed by atoms with van der Waals surface area (Å²) in [5, 5.41) is 4.13. The van der Waals surface area contributed by atoms with Gasteiger partial charge in [-0.2, -0.15) is 0 Å². The first-order valence-electron chi connectivity index (χ1n) is 5.80. The molecule has 0 spiro atoms. The average molecular weight is 301 g/mol. The van der Waals surface area contributed by atoms with Crippen LogP contribution in [-0.2, 0) is 0 Å². The Balaban J connectivity index is 2.27. The van der Waals surface area contributed by atoms with Crippen LogP contribution in [0.4, 0.5) is 0 Å². The van der Waals surface area contributed by atoms with E-state index in [2.05, 4.69) is 17.2 Å². The molecule has 0 aliphatic heterocycles. The first-order valence-corrected chi connectivity index (χ1v) is 7.38. The average Bonchev–Trinajstić information content (AvgIpc) is 2.78. The van der Waals surface area contributed by atoms with E-state index in [-0.39, 0.29) is 6.04 Å². The summed E-state index contributed by atoms with van der Waals surface area (Å²) in [5.41, 5.74) is 0.964. The fourth-order valence-corrected chi connectivity index (χ4v) is 2.94. The van der Waals surface area contributed by atoms with Crippen LogP contribution in [0.1, 0.15) is 30.0 Å². The van der Waals surface area contributed by atoms with Crippen molar-refractivity contribution in [1.82, 2.24) is 10.3 Å². The van der Waals surface area contributed by atoms with Crippen molar-refractivity contribution in [2.45, 2.75) is 19.4 Å². The van der Waals surface area contributed by atoms with Crippen molar-refractivity contribution in [1.29, 1.82) is 0 Å². The topological polar surface area (TPSA) is 24.9 Å². The van der Waals surface area contributed by atoms with Gasteiger partial charge in [-0.15, -0.1) is 11.3 Å². The van der Waals surface area contributed by atoms with Gasteiger partial charge < -0.3 is 5.32 Å². The zero-order valence-corrected chi connectivity index (χ0v) is 12.3. The molecular formula is C13H14Cl2N2S. The quantitative estimate of drug-likeness (QED) is 0.877. The lowest BCUT2D eigenvalue weighted by molar-refractivity contribution is 0.594. The van der Waals surface area contributed by atoms with Crippen molar-refractivity contribution in [3.05, 3.63) is 50.4 Å². The lowest BCUT2D eigenvalue weighted by Gasteiger charge is -2.16. The Hall–Kier alpha value is -0.610. The Labute approximate surface area is 121 Å². The number of halogens is 2. The second-order valence-electron chi connectivity index (χ2n) is 3.93. The normalized spacial score (nSPS) is 12.6. The van der Waals surface area contributed by atoms with Crippen molar-refractivity contribution in [2.24, 2.45) is 0 Å². The number of nitrogens with zero attached hydrogens (tertiary/aromatic N) is 1. The van der Waals surface area contributed by atoms with Gasteiger partial charge in [0.05, 0.1) is 21.1 Å². The number of hydrogen-bond donors (Lipinski definition) is 1. The van der Waals surface area contributed by atoms with Crippen LogP contribution in [0.2, 0.25) is 9.36 Å². The monoisotopic (exact) mass is 300 g/mol. The third-order valence-corrected chi connectivity index (χ3v) is 4.04. The number of thiophene rings is 1. The van der Waals surface area contributed by atoms with Crippen LogP contribution in [0.15, 0.2) is 30.5 Å². The second-order valence-corrected chi connectivity index (χ2v) is 6.11. The molecule has 0 aromatic carbocycles. The van der Waals surface area contributed by atoms with Crippen LogP contribution in [0, 0.1) is 0 Å². The molecule has 18 heavy (non-hydrogen) atoms. The Morgan fingerprint density at radius 3 is 2.67 bits per heavy atom. The van der Waals surface area contributed by atoms with Gasteiger partial charge in [0.2, 0.25) is 0 Å². The minimum Gasteiger partial charge on any atom is -0.304 e. The fourth-order valence-electron chi connectivity index (χ4n) is 1.68. The van der Waals surface area contributed by atoms with Crippen molar-refractivity contribution < 1.29 is 0 Å². The molecule has 0 bridgehead atoms. The van der Waals surface area contributed by atoms with Crippen LogP contribution in [0.25, 0.3) is 0 Å². The van der Waals surface area contributed by atoms with E-state index in [1.807, 2.05) is 24.3 Å². The zero-order chi connectivity index (χ0) is 13.0. The molecule has 1 atom stereocenters. The van der Waals surface area contributed by atoms with E-state index in [0.717, 1.165) is 23.0 Å². The highest BCUT2D eigenvalue weighted by Gasteiger charge is 2.16. The second kappa shape index (κ2) is 6.53. The van der Waals surface area contributed by atoms with E-state index in [1.165, 1.54) is 4.88 Å². The molecule has 0 aliphatic rings. The summed E-state index contributed by atoms with van der Waals surface area (Å²) in [4.78, 5) is 5.56. The molecule has 96 valence electrons. The molecule has 0 aliphatic carbocycles. The molecule has 0 saturated carbocycles. The largest absolute Gasteiger partial charge is 0.304 e. The summed E-state index contributed by atoms with van der Waals surface area (Å²) in [6.45, 7) is 3.07. The molecule has 0 radical (unpaired) electrons. The number of rotatable bonds is 5. The Morgan fingerprint density at radius 1 is 1.28 bits per heavy atom. The van der Waals surface area contributed by atoms with E-state index in [0.29, 0.717) is 5.02 Å². The highest BCUT2D eigenvalue weighted by Crippen LogP contribution is 2.30. The molecular weight excluding hydrogens is 287 g/mol. The molecule has 1 N–H and O–H groups in total. The number of pyridine rings is 1. The van der Waals surface area contributed by atoms with Crippen LogP contribution < -0.4 is 5.32 Å². The van der Waals surface area contributed by atoms with Crippen molar-refractivity contribution >= 4 is 34.5 Å². The summed E-state index contributed by atoms with van der Waals surface area (Å²) >= 11 is 13.4. The van der Waals surface area contributed by atoms with Gasteiger partial charge >= 0.3 is 0 Å². The molecule has 5 heteroatoms. The smallest absolute Gasteiger partial charge is 0.0931 e. The maximum Gasteiger partial charge on any atom is 0.0931 e. The number of aromatic nitrogens is 1. The van der Waals surface area contributed by atoms with Gasteiger partial charge in [-0.3, -0.25) is 4.98 Å². The first kappa shape index (κ1) is 13.8. The molecule has 2 rings (SSSR count). The Morgan fingerprint density at radius 2 is 2.11 bits per heavy atom. The summed E-state index contributed by atoms with van der Waals surface area (Å²) in [6, 6.07) is 7.84. The van der Waals surface area contributed by atoms with E-state index in [4.69, 9.17) is 23.2 Å². The third-order valence-electron chi connectivity index (χ3n) is 2.52. The van der Waals surface area contributed by atoms with E-state index >= 15 is 0 Å². The Bertz CT molecular complexity index is 496. The molecule has 2 nitrogen and oxygen atoms in total. The highest BCUT2D eigenvalue weighted by molar-refractivity contribution is 7.16. The molecule has 2 aromatic rings. The highest BCUT2D eigenvalue weighted by atomic mass is 35.5. The van der Waals surface area contributed by atoms with Crippen molar-refractivity contribution in [3.63, 3.8) is 0 Å². The van der Waals surface area contributed by atoms with Crippen molar-refractivity contribution in [3.8, 4) is 0 Å². The predicted molar refractivity (Wildman–Crippen MR) is 78.7 cm³/mol. The fraction of sp³-hybridized carbons (Fsp3) is 0.308. The molecule has 2 aromatic heterocycles. The zero-order valence-electron chi connectivity index (χ0n) is 9.99. The SMILES string of the molecule is CCCNC(c1ccc(Cl)cn1)c1ccc(Cl)s1. The Kier molecular flexibility index (Phi) is 5.01. The molecule has 0 amide bonds. The van der Waals surface area contributed by atoms with Gasteiger partial charge in [0.1, 0.15) is 0 Å². The predicted octanol–water partition coefficient (Wildman–Crippen LogP) is 4.54. The summed E-state index contributed by atoms with van der Waals surface area (Å²) < 4.78 is 0.794. The van der Waals surface area contributed by atoms with Gasteiger partial charge in [-0.25, -0.2) is 0 Å². The minimum absolute atomic E-state index is 0.0831. The van der Waals surface area contributed by atoms with Crippen LogP contribution in [-0.4, -0.2) is 11.5 Å². The maximum atomic E-state index is 6.00. The van der Waals surface area contributed by atoms with Crippen LogP contribution >= 0.6 is 34.5 Å². The summed E-state index contributed by atoms with van der Waals surface area (Å²) in [6.07, 6.45) is 2.75. The third kappa shape index (κ3) is 3.45. The molecule has 2 heterocycles. The van der Waals surface area contributed by atoms with Gasteiger partial charge in [-0.05, 0) is 37.2 Å². The molecule has 0 fully saturated rings. The molecule has 1 unspecified atom stereocenters. The van der Waals surface area contributed by atoms with Crippen LogP contribution in [0.3, 0.4) is 0 Å². The summed E-state index contributed by atoms with van der Waals surface area (Å²) in [5.74, 6) is 0. The van der Waals surface area contributed by atoms with Crippen molar-refractivity contribution in [2.75, 3.05) is 6.54 Å². The minimum atomic E-state index is 0.0831. The van der Waals surface area contributed by atoms with Gasteiger partial charge in [0.25, 0.3) is 0 Å². The van der Waals surface area contributed by atoms with E-state index < -0.39 is 0 Å². The van der Waals surface area contributed by atoms with E-state index in [9.17, 15) is 0 Å². The first-order chi connectivity index (χ1) is 8.70. The van der Waals surface area contributed by atoms with Crippen LogP contribution in [0.5, 0.6) is 0 Å². The maximum absolute atomic E-state index is 6.00. The molecule has 0 saturated heterocycles. The van der Waals surface area contributed by atoms with Gasteiger partial charge in [-0.1, -0.05) is 30.1 Å². The van der Waals surface area contributed by atoms with E-state index in [1.54, 1.807) is 17.5 Å².